The van der Waals surface area contributed by atoms with Gasteiger partial charge in [-0.1, -0.05) is 23.7 Å². The Morgan fingerprint density at radius 2 is 1.86 bits per heavy atom. The van der Waals surface area contributed by atoms with Gasteiger partial charge in [0.15, 0.2) is 5.82 Å². The Kier molecular flexibility index (Phi) is 6.85. The highest BCUT2D eigenvalue weighted by Gasteiger charge is 2.16. The topological polar surface area (TPSA) is 123 Å². The van der Waals surface area contributed by atoms with Crippen LogP contribution in [0.3, 0.4) is 0 Å². The van der Waals surface area contributed by atoms with E-state index in [9.17, 15) is 9.90 Å². The first kappa shape index (κ1) is 24.4. The number of nitrogens with one attached hydrogen (secondary N) is 2. The van der Waals surface area contributed by atoms with Crippen molar-refractivity contribution in [3.8, 4) is 5.82 Å². The zero-order valence-corrected chi connectivity index (χ0v) is 21.0. The zero-order chi connectivity index (χ0) is 25.9. The Bertz CT molecular complexity index is 1620. The van der Waals surface area contributed by atoms with E-state index in [1.54, 1.807) is 59.3 Å². The molecule has 4 heterocycles. The first-order valence-corrected chi connectivity index (χ1v) is 12.1. The van der Waals surface area contributed by atoms with Gasteiger partial charge in [-0.3, -0.25) is 4.79 Å². The number of aliphatic hydroxyl groups is 1. The Labute approximate surface area is 217 Å². The summed E-state index contributed by atoms with van der Waals surface area (Å²) in [4.78, 5) is 25.9. The summed E-state index contributed by atoms with van der Waals surface area (Å²) in [5.41, 5.74) is 3.42. The molecule has 5 aromatic rings. The van der Waals surface area contributed by atoms with Gasteiger partial charge in [0.25, 0.3) is 5.56 Å². The number of nitrogens with zero attached hydrogens (tertiary/aromatic N) is 6. The molecule has 5 rings (SSSR count). The van der Waals surface area contributed by atoms with Gasteiger partial charge in [0.05, 0.1) is 40.3 Å². The molecule has 10 nitrogen and oxygen atoms in total. The van der Waals surface area contributed by atoms with Crippen LogP contribution in [0.4, 0.5) is 17.1 Å². The van der Waals surface area contributed by atoms with Crippen molar-refractivity contribution in [3.05, 3.63) is 94.1 Å². The fourth-order valence-electron chi connectivity index (χ4n) is 4.12. The van der Waals surface area contributed by atoms with Gasteiger partial charge in [0.2, 0.25) is 0 Å². The van der Waals surface area contributed by atoms with E-state index in [0.29, 0.717) is 45.7 Å². The number of hydrogen-bond acceptors (Lipinski definition) is 8. The third-order valence-corrected chi connectivity index (χ3v) is 6.29. The van der Waals surface area contributed by atoms with Gasteiger partial charge in [-0.25, -0.2) is 19.6 Å². The molecule has 3 N–H and O–H groups in total. The van der Waals surface area contributed by atoms with E-state index < -0.39 is 0 Å². The smallest absolute Gasteiger partial charge is 0.252 e. The fourth-order valence-corrected chi connectivity index (χ4v) is 4.27. The van der Waals surface area contributed by atoms with Crippen LogP contribution in [0.5, 0.6) is 0 Å². The van der Waals surface area contributed by atoms with Crippen LogP contribution in [-0.4, -0.2) is 41.0 Å². The number of pyridine rings is 2. The molecule has 0 aliphatic carbocycles. The van der Waals surface area contributed by atoms with Crippen molar-refractivity contribution in [3.63, 3.8) is 0 Å². The quantitative estimate of drug-likeness (QED) is 0.283. The second kappa shape index (κ2) is 10.4. The normalized spacial score (nSPS) is 12.0. The van der Waals surface area contributed by atoms with Crippen molar-refractivity contribution in [2.75, 3.05) is 17.2 Å². The van der Waals surface area contributed by atoms with E-state index in [4.69, 9.17) is 11.6 Å². The van der Waals surface area contributed by atoms with Crippen molar-refractivity contribution < 1.29 is 5.11 Å². The third kappa shape index (κ3) is 5.02. The molecule has 0 spiro atoms. The molecule has 1 unspecified atom stereocenters. The lowest BCUT2D eigenvalue weighted by Gasteiger charge is -2.19. The Morgan fingerprint density at radius 1 is 1.05 bits per heavy atom. The minimum absolute atomic E-state index is 0.0420. The number of anilines is 3. The number of aliphatic hydroxyl groups excluding tert-OH is 1. The van der Waals surface area contributed by atoms with Gasteiger partial charge in [-0.05, 0) is 31.0 Å². The summed E-state index contributed by atoms with van der Waals surface area (Å²) < 4.78 is 3.22. The molecule has 0 saturated carbocycles. The predicted octanol–water partition coefficient (Wildman–Crippen LogP) is 4.01. The summed E-state index contributed by atoms with van der Waals surface area (Å²) in [7, 11) is 1.73. The predicted molar refractivity (Wildman–Crippen MR) is 144 cm³/mol. The SMILES string of the molecule is CC(Nc1cc(=O)n(C)c2c(Nc3cc(-n4cc(CCO)cn4)ncc3Cl)cccc12)c1ncccn1. The maximum Gasteiger partial charge on any atom is 0.252 e. The molecule has 1 aromatic carbocycles. The van der Waals surface area contributed by atoms with Crippen LogP contribution in [-0.2, 0) is 13.5 Å². The van der Waals surface area contributed by atoms with Crippen LogP contribution in [0.1, 0.15) is 24.4 Å². The average molecular weight is 517 g/mol. The summed E-state index contributed by atoms with van der Waals surface area (Å²) in [5.74, 6) is 1.19. The van der Waals surface area contributed by atoms with Gasteiger partial charge in [0.1, 0.15) is 5.82 Å². The fraction of sp³-hybridized carbons (Fsp3) is 0.192. The van der Waals surface area contributed by atoms with Crippen molar-refractivity contribution in [2.45, 2.75) is 19.4 Å². The van der Waals surface area contributed by atoms with Crippen LogP contribution in [0.2, 0.25) is 5.02 Å². The summed E-state index contributed by atoms with van der Waals surface area (Å²) in [6, 6.07) is 10.7. The van der Waals surface area contributed by atoms with Gasteiger partial charge >= 0.3 is 0 Å². The highest BCUT2D eigenvalue weighted by atomic mass is 35.5. The molecule has 0 amide bonds. The summed E-state index contributed by atoms with van der Waals surface area (Å²) in [6.45, 7) is 1.99. The van der Waals surface area contributed by atoms with Crippen molar-refractivity contribution in [1.29, 1.82) is 0 Å². The number of aryl methyl sites for hydroxylation is 1. The molecule has 37 heavy (non-hydrogen) atoms. The van der Waals surface area contributed by atoms with Gasteiger partial charge in [-0.2, -0.15) is 5.10 Å². The minimum atomic E-state index is -0.213. The minimum Gasteiger partial charge on any atom is -0.396 e. The molecular formula is C26H25ClN8O2. The van der Waals surface area contributed by atoms with Gasteiger partial charge in [0, 0.05) is 55.5 Å². The van der Waals surface area contributed by atoms with Crippen LogP contribution >= 0.6 is 11.6 Å². The number of para-hydroxylation sites is 1. The lowest BCUT2D eigenvalue weighted by atomic mass is 10.1. The molecule has 0 fully saturated rings. The summed E-state index contributed by atoms with van der Waals surface area (Å²) in [5, 5.41) is 21.5. The Hall–Kier alpha value is -4.28. The van der Waals surface area contributed by atoms with Crippen molar-refractivity contribution >= 4 is 39.6 Å². The molecule has 0 bridgehead atoms. The van der Waals surface area contributed by atoms with Gasteiger partial charge in [-0.15, -0.1) is 0 Å². The summed E-state index contributed by atoms with van der Waals surface area (Å²) in [6.07, 6.45) is 8.94. The van der Waals surface area contributed by atoms with Crippen LogP contribution in [0.15, 0.2) is 72.2 Å². The molecule has 1 atom stereocenters. The highest BCUT2D eigenvalue weighted by molar-refractivity contribution is 6.33. The van der Waals surface area contributed by atoms with E-state index in [1.165, 1.54) is 0 Å². The van der Waals surface area contributed by atoms with Crippen LogP contribution in [0, 0.1) is 0 Å². The first-order chi connectivity index (χ1) is 17.9. The zero-order valence-electron chi connectivity index (χ0n) is 20.3. The maximum absolute atomic E-state index is 12.9. The van der Waals surface area contributed by atoms with Crippen molar-refractivity contribution in [2.24, 2.45) is 7.05 Å². The molecular weight excluding hydrogens is 492 g/mol. The van der Waals surface area contributed by atoms with E-state index in [2.05, 4.69) is 30.7 Å². The Balaban J connectivity index is 1.53. The maximum atomic E-state index is 12.9. The molecule has 0 radical (unpaired) electrons. The number of hydrogen-bond donors (Lipinski definition) is 3. The van der Waals surface area contributed by atoms with E-state index in [-0.39, 0.29) is 18.2 Å². The lowest BCUT2D eigenvalue weighted by Crippen LogP contribution is -2.19. The van der Waals surface area contributed by atoms with E-state index in [0.717, 1.165) is 10.9 Å². The molecule has 0 saturated heterocycles. The van der Waals surface area contributed by atoms with Crippen LogP contribution in [0.25, 0.3) is 16.7 Å². The average Bonchev–Trinajstić information content (AvgIpc) is 3.37. The molecule has 11 heteroatoms. The van der Waals surface area contributed by atoms with Gasteiger partial charge < -0.3 is 20.3 Å². The largest absolute Gasteiger partial charge is 0.396 e. The molecule has 0 aliphatic heterocycles. The molecule has 188 valence electrons. The number of fused-ring (bicyclic) bond motifs is 1. The first-order valence-electron chi connectivity index (χ1n) is 11.7. The Morgan fingerprint density at radius 3 is 2.65 bits per heavy atom. The molecule has 0 aliphatic rings. The number of halogens is 1. The van der Waals surface area contributed by atoms with E-state index in [1.807, 2.05) is 31.3 Å². The number of rotatable bonds is 8. The number of benzene rings is 1. The monoisotopic (exact) mass is 516 g/mol. The van der Waals surface area contributed by atoms with Crippen LogP contribution < -0.4 is 16.2 Å². The number of aromatic nitrogens is 6. The van der Waals surface area contributed by atoms with E-state index >= 15 is 0 Å². The molecule has 4 aromatic heterocycles. The third-order valence-electron chi connectivity index (χ3n) is 5.99. The second-order valence-electron chi connectivity index (χ2n) is 8.54. The summed E-state index contributed by atoms with van der Waals surface area (Å²) >= 11 is 6.50. The highest BCUT2D eigenvalue weighted by Crippen LogP contribution is 2.33. The van der Waals surface area contributed by atoms with Crippen molar-refractivity contribution in [1.82, 2.24) is 29.3 Å². The second-order valence-corrected chi connectivity index (χ2v) is 8.95. The standard InChI is InChI=1S/C26H25ClN8O2/c1-16(26-28-8-4-9-29-26)32-21-12-24(37)34(2)25-18(21)5-3-6-20(25)33-22-11-23(30-14-19(22)27)35-15-17(7-10-36)13-31-35/h3-6,8-9,11-16,32,36H,7,10H2,1-2H3,(H,30,33). The lowest BCUT2D eigenvalue weighted by molar-refractivity contribution is 0.299.